The summed E-state index contributed by atoms with van der Waals surface area (Å²) in [5.74, 6) is 0.742. The molecular formula is C48H32ClN9O3. The molecule has 12 nitrogen and oxygen atoms in total. The Kier molecular flexibility index (Phi) is 9.35. The molecule has 0 radical (unpaired) electrons. The lowest BCUT2D eigenvalue weighted by Crippen LogP contribution is -2.04. The van der Waals surface area contributed by atoms with E-state index in [1.807, 2.05) is 134 Å². The number of benzene rings is 3. The molecule has 0 saturated heterocycles. The lowest BCUT2D eigenvalue weighted by Gasteiger charge is -2.00. The van der Waals surface area contributed by atoms with Gasteiger partial charge in [0.15, 0.2) is 0 Å². The Balaban J connectivity index is 0.000000110. The molecule has 6 aromatic heterocycles. The number of fused-ring (bicyclic) bond motifs is 6. The molecule has 3 aromatic carbocycles. The third-order valence-corrected chi connectivity index (χ3v) is 10.9. The SMILES string of the molecule is O=C1Nc2cccnc2/C1=C/c1c[nH]c2ccccc12.O=C1Nc2nccc(Cl)c2/C1=C/c1c[nH]c2ccccc12.O=C1Nc2ncccc2/C1=C/c1c[nH]c2ccccc12. The number of nitrogens with zero attached hydrogens (tertiary/aromatic N) is 3. The monoisotopic (exact) mass is 817 g/mol. The normalized spacial score (nSPS) is 15.6. The predicted octanol–water partition coefficient (Wildman–Crippen LogP) is 9.82. The highest BCUT2D eigenvalue weighted by atomic mass is 35.5. The fraction of sp³-hybridized carbons (Fsp3) is 0. The maximum Gasteiger partial charge on any atom is 0.258 e. The van der Waals surface area contributed by atoms with Gasteiger partial charge in [0.25, 0.3) is 17.7 Å². The van der Waals surface area contributed by atoms with E-state index in [4.69, 9.17) is 11.6 Å². The van der Waals surface area contributed by atoms with Crippen LogP contribution in [0.4, 0.5) is 17.3 Å². The summed E-state index contributed by atoms with van der Waals surface area (Å²) in [5.41, 5.74) is 10.9. The van der Waals surface area contributed by atoms with Gasteiger partial charge in [0, 0.05) is 97.7 Å². The van der Waals surface area contributed by atoms with Crippen molar-refractivity contribution in [1.82, 2.24) is 29.9 Å². The molecule has 0 atom stereocenters. The van der Waals surface area contributed by atoms with E-state index in [9.17, 15) is 14.4 Å². The van der Waals surface area contributed by atoms with Crippen molar-refractivity contribution in [3.8, 4) is 0 Å². The summed E-state index contributed by atoms with van der Waals surface area (Å²) in [6.45, 7) is 0. The van der Waals surface area contributed by atoms with Gasteiger partial charge in [0.2, 0.25) is 0 Å². The van der Waals surface area contributed by atoms with E-state index >= 15 is 0 Å². The van der Waals surface area contributed by atoms with Crippen LogP contribution in [0.3, 0.4) is 0 Å². The van der Waals surface area contributed by atoms with Crippen LogP contribution in [-0.4, -0.2) is 47.6 Å². The second-order valence-corrected chi connectivity index (χ2v) is 14.6. The van der Waals surface area contributed by atoms with Crippen molar-refractivity contribution >= 4 is 114 Å². The molecule has 3 aliphatic heterocycles. The third kappa shape index (κ3) is 6.92. The molecule has 0 bridgehead atoms. The van der Waals surface area contributed by atoms with Crippen molar-refractivity contribution in [1.29, 1.82) is 0 Å². The van der Waals surface area contributed by atoms with E-state index in [0.717, 1.165) is 60.6 Å². The number of anilines is 3. The number of carbonyl (C=O) groups is 3. The van der Waals surface area contributed by atoms with Gasteiger partial charge in [-0.3, -0.25) is 19.4 Å². The van der Waals surface area contributed by atoms with Gasteiger partial charge in [-0.05, 0) is 66.8 Å². The third-order valence-electron chi connectivity index (χ3n) is 10.5. The number of aromatic amines is 3. The van der Waals surface area contributed by atoms with Crippen LogP contribution in [0.5, 0.6) is 0 Å². The molecule has 3 amide bonds. The Bertz CT molecular complexity index is 3190. The summed E-state index contributed by atoms with van der Waals surface area (Å²) >= 11 is 6.21. The van der Waals surface area contributed by atoms with E-state index in [2.05, 4.69) is 45.9 Å². The highest BCUT2D eigenvalue weighted by Gasteiger charge is 2.29. The quantitative estimate of drug-likeness (QED) is 0.0969. The number of hydrogen-bond donors (Lipinski definition) is 6. The Morgan fingerprint density at radius 2 is 0.951 bits per heavy atom. The van der Waals surface area contributed by atoms with Crippen molar-refractivity contribution < 1.29 is 14.4 Å². The van der Waals surface area contributed by atoms with E-state index in [1.54, 1.807) is 24.7 Å². The Labute approximate surface area is 352 Å². The lowest BCUT2D eigenvalue weighted by molar-refractivity contribution is -0.111. The van der Waals surface area contributed by atoms with Crippen LogP contribution < -0.4 is 16.0 Å². The van der Waals surface area contributed by atoms with Crippen LogP contribution in [0.15, 0.2) is 140 Å². The molecule has 6 N–H and O–H groups in total. The Morgan fingerprint density at radius 1 is 0.459 bits per heavy atom. The summed E-state index contributed by atoms with van der Waals surface area (Å²) in [7, 11) is 0. The number of rotatable bonds is 3. The van der Waals surface area contributed by atoms with Crippen molar-refractivity contribution in [2.45, 2.75) is 0 Å². The molecule has 13 heteroatoms. The fourth-order valence-electron chi connectivity index (χ4n) is 7.64. The summed E-state index contributed by atoms with van der Waals surface area (Å²) in [5, 5.41) is 12.1. The summed E-state index contributed by atoms with van der Waals surface area (Å²) < 4.78 is 0. The number of para-hydroxylation sites is 3. The van der Waals surface area contributed by atoms with E-state index in [0.29, 0.717) is 44.6 Å². The first-order valence-electron chi connectivity index (χ1n) is 19.2. The smallest absolute Gasteiger partial charge is 0.258 e. The molecule has 3 aliphatic rings. The van der Waals surface area contributed by atoms with E-state index in [-0.39, 0.29) is 17.7 Å². The molecule has 12 rings (SSSR count). The molecule has 9 heterocycles. The minimum Gasteiger partial charge on any atom is -0.361 e. The maximum atomic E-state index is 12.2. The van der Waals surface area contributed by atoms with Crippen molar-refractivity contribution in [2.24, 2.45) is 0 Å². The largest absolute Gasteiger partial charge is 0.361 e. The number of hydrogen-bond acceptors (Lipinski definition) is 6. The topological polar surface area (TPSA) is 173 Å². The summed E-state index contributed by atoms with van der Waals surface area (Å²) in [4.78, 5) is 58.5. The number of pyridine rings is 3. The molecule has 0 fully saturated rings. The van der Waals surface area contributed by atoms with Crippen molar-refractivity contribution in [2.75, 3.05) is 16.0 Å². The van der Waals surface area contributed by atoms with Crippen LogP contribution in [0.1, 0.15) is 33.5 Å². The Hall–Kier alpha value is -8.35. The molecule has 0 aliphatic carbocycles. The second kappa shape index (κ2) is 15.4. The highest BCUT2D eigenvalue weighted by molar-refractivity contribution is 6.41. The molecule has 9 aromatic rings. The van der Waals surface area contributed by atoms with Gasteiger partial charge in [-0.1, -0.05) is 66.2 Å². The lowest BCUT2D eigenvalue weighted by atomic mass is 10.1. The van der Waals surface area contributed by atoms with E-state index in [1.165, 1.54) is 0 Å². The number of amides is 3. The number of aromatic nitrogens is 6. The molecule has 0 unspecified atom stereocenters. The second-order valence-electron chi connectivity index (χ2n) is 14.2. The van der Waals surface area contributed by atoms with Gasteiger partial charge in [-0.15, -0.1) is 0 Å². The average molecular weight is 818 g/mol. The van der Waals surface area contributed by atoms with Crippen LogP contribution in [0.2, 0.25) is 5.02 Å². The van der Waals surface area contributed by atoms with Gasteiger partial charge < -0.3 is 30.9 Å². The fourth-order valence-corrected chi connectivity index (χ4v) is 7.88. The van der Waals surface area contributed by atoms with Crippen LogP contribution in [0.25, 0.3) is 67.7 Å². The van der Waals surface area contributed by atoms with Gasteiger partial charge >= 0.3 is 0 Å². The van der Waals surface area contributed by atoms with Crippen LogP contribution in [0, 0.1) is 0 Å². The molecule has 0 spiro atoms. The summed E-state index contributed by atoms with van der Waals surface area (Å²) in [6, 6.07) is 33.1. The van der Waals surface area contributed by atoms with Crippen molar-refractivity contribution in [3.05, 3.63) is 179 Å². The number of H-pyrrole nitrogens is 3. The first-order chi connectivity index (χ1) is 29.9. The summed E-state index contributed by atoms with van der Waals surface area (Å²) in [6.07, 6.45) is 16.3. The minimum atomic E-state index is -0.184. The zero-order chi connectivity index (χ0) is 41.5. The molecule has 0 saturated carbocycles. The number of nitrogens with one attached hydrogen (secondary N) is 6. The van der Waals surface area contributed by atoms with Crippen LogP contribution in [-0.2, 0) is 14.4 Å². The van der Waals surface area contributed by atoms with Crippen LogP contribution >= 0.6 is 11.6 Å². The first-order valence-corrected chi connectivity index (χ1v) is 19.6. The van der Waals surface area contributed by atoms with Gasteiger partial charge in [-0.2, -0.15) is 0 Å². The van der Waals surface area contributed by atoms with Gasteiger partial charge in [0.05, 0.1) is 33.1 Å². The molecule has 61 heavy (non-hydrogen) atoms. The minimum absolute atomic E-state index is 0.107. The zero-order valence-electron chi connectivity index (χ0n) is 32.0. The standard InChI is InChI=1S/C16H10ClN3O.2C16H11N3O/c17-12-5-6-18-15-14(12)11(16(21)20-15)7-9-8-19-13-4-2-1-3-10(9)13;20-16-13(12-5-3-7-17-15(12)19-16)8-10-9-18-14-6-2-1-4-11(10)14;20-16-12(15-14(19-16)6-3-7-17-15)8-10-9-18-13-5-2-1-4-11(10)13/h1-8,19H,(H,18,20,21);1-9,18H,(H,17,19,20);1-9,18H,(H,19,20)/b11-7-;13-8-;12-8-. The molecular weight excluding hydrogens is 786 g/mol. The highest BCUT2D eigenvalue weighted by Crippen LogP contribution is 2.38. The van der Waals surface area contributed by atoms with Crippen molar-refractivity contribution in [3.63, 3.8) is 0 Å². The Morgan fingerprint density at radius 3 is 1.59 bits per heavy atom. The predicted molar refractivity (Wildman–Crippen MR) is 242 cm³/mol. The average Bonchev–Trinajstić information content (AvgIpc) is 4.15. The zero-order valence-corrected chi connectivity index (χ0v) is 32.7. The van der Waals surface area contributed by atoms with Gasteiger partial charge in [-0.25, -0.2) is 9.97 Å². The molecule has 294 valence electrons. The first kappa shape index (κ1) is 37.0. The number of halogens is 1. The number of carbonyl (C=O) groups excluding carboxylic acids is 3. The maximum absolute atomic E-state index is 12.2. The van der Waals surface area contributed by atoms with E-state index < -0.39 is 0 Å². The van der Waals surface area contributed by atoms with Gasteiger partial charge in [0.1, 0.15) is 11.6 Å².